The maximum absolute atomic E-state index is 12.4. The Bertz CT molecular complexity index is 759. The lowest BCUT2D eigenvalue weighted by Gasteiger charge is -2.27. The summed E-state index contributed by atoms with van der Waals surface area (Å²) < 4.78 is 16.4. The summed E-state index contributed by atoms with van der Waals surface area (Å²) in [4.78, 5) is 14.1. The van der Waals surface area contributed by atoms with Gasteiger partial charge in [0.15, 0.2) is 17.3 Å². The first kappa shape index (κ1) is 18.1. The molecule has 0 aliphatic carbocycles. The van der Waals surface area contributed by atoms with Crippen LogP contribution in [0.5, 0.6) is 11.5 Å². The van der Waals surface area contributed by atoms with Gasteiger partial charge in [0.2, 0.25) is 0 Å². The summed E-state index contributed by atoms with van der Waals surface area (Å²) >= 11 is 0. The van der Waals surface area contributed by atoms with Crippen LogP contribution >= 0.6 is 0 Å². The van der Waals surface area contributed by atoms with Crippen molar-refractivity contribution in [1.29, 1.82) is 0 Å². The lowest BCUT2D eigenvalue weighted by molar-refractivity contribution is 0.170. The van der Waals surface area contributed by atoms with E-state index in [1.54, 1.807) is 11.9 Å². The number of carbonyl (C=O) groups excluding carboxylic acids is 1. The van der Waals surface area contributed by atoms with E-state index >= 15 is 0 Å². The molecule has 0 fully saturated rings. The Morgan fingerprint density at radius 2 is 2.04 bits per heavy atom. The highest BCUT2D eigenvalue weighted by atomic mass is 16.6. The first-order valence-corrected chi connectivity index (χ1v) is 8.93. The molecule has 1 aromatic heterocycles. The summed E-state index contributed by atoms with van der Waals surface area (Å²) in [6.07, 6.45) is 1.88. The molecule has 1 aromatic carbocycles. The predicted octanol–water partition coefficient (Wildman–Crippen LogP) is 3.30. The summed E-state index contributed by atoms with van der Waals surface area (Å²) in [6, 6.07) is 7.35. The largest absolute Gasteiger partial charge is 0.486 e. The van der Waals surface area contributed by atoms with Gasteiger partial charge < -0.3 is 24.2 Å². The molecule has 26 heavy (non-hydrogen) atoms. The van der Waals surface area contributed by atoms with Gasteiger partial charge in [-0.15, -0.1) is 0 Å². The van der Waals surface area contributed by atoms with Gasteiger partial charge in [0.25, 0.3) is 0 Å². The predicted molar refractivity (Wildman–Crippen MR) is 96.3 cm³/mol. The quantitative estimate of drug-likeness (QED) is 0.856. The van der Waals surface area contributed by atoms with E-state index in [0.717, 1.165) is 35.6 Å². The Kier molecular flexibility index (Phi) is 5.65. The highest BCUT2D eigenvalue weighted by molar-refractivity contribution is 5.74. The number of benzene rings is 1. The lowest BCUT2D eigenvalue weighted by atomic mass is 10.1. The van der Waals surface area contributed by atoms with Crippen LogP contribution in [-0.4, -0.2) is 36.3 Å². The van der Waals surface area contributed by atoms with Crippen LogP contribution in [0.4, 0.5) is 4.79 Å². The number of urea groups is 1. The van der Waals surface area contributed by atoms with E-state index in [-0.39, 0.29) is 12.1 Å². The highest BCUT2D eigenvalue weighted by Gasteiger charge is 2.20. The number of nitrogens with one attached hydrogen (secondary N) is 1. The van der Waals surface area contributed by atoms with Gasteiger partial charge >= 0.3 is 6.03 Å². The van der Waals surface area contributed by atoms with Crippen LogP contribution in [-0.2, 0) is 13.0 Å². The standard InChI is InChI=1S/C19H25N3O4/c1-4-5-15-11-16(26-21-15)12-20-19(23)22(3)13(2)14-6-7-17-18(10-14)25-9-8-24-17/h6-7,10-11,13H,4-5,8-9,12H2,1-3H3,(H,20,23). The lowest BCUT2D eigenvalue weighted by Crippen LogP contribution is -2.38. The monoisotopic (exact) mass is 359 g/mol. The second-order valence-electron chi connectivity index (χ2n) is 6.38. The van der Waals surface area contributed by atoms with Gasteiger partial charge in [0, 0.05) is 13.1 Å². The molecule has 1 unspecified atom stereocenters. The zero-order chi connectivity index (χ0) is 18.5. The van der Waals surface area contributed by atoms with Crippen LogP contribution in [0.15, 0.2) is 28.8 Å². The average molecular weight is 359 g/mol. The minimum atomic E-state index is -0.180. The van der Waals surface area contributed by atoms with Crippen LogP contribution in [0.25, 0.3) is 0 Å². The fraction of sp³-hybridized carbons (Fsp3) is 0.474. The second-order valence-corrected chi connectivity index (χ2v) is 6.38. The zero-order valence-corrected chi connectivity index (χ0v) is 15.4. The molecular formula is C19H25N3O4. The van der Waals surface area contributed by atoms with Crippen molar-refractivity contribution < 1.29 is 18.8 Å². The van der Waals surface area contributed by atoms with Gasteiger partial charge in [0.1, 0.15) is 13.2 Å². The van der Waals surface area contributed by atoms with Crippen LogP contribution in [0.2, 0.25) is 0 Å². The number of amides is 2. The molecule has 2 aromatic rings. The van der Waals surface area contributed by atoms with Gasteiger partial charge in [-0.2, -0.15) is 0 Å². The number of rotatable bonds is 6. The third-order valence-electron chi connectivity index (χ3n) is 4.48. The molecule has 7 heteroatoms. The zero-order valence-electron chi connectivity index (χ0n) is 15.4. The summed E-state index contributed by atoms with van der Waals surface area (Å²) in [5, 5.41) is 6.85. The van der Waals surface area contributed by atoms with E-state index in [2.05, 4.69) is 17.4 Å². The van der Waals surface area contributed by atoms with Crippen LogP contribution in [0, 0.1) is 0 Å². The van der Waals surface area contributed by atoms with Gasteiger partial charge in [-0.3, -0.25) is 0 Å². The molecule has 1 atom stereocenters. The molecule has 0 bridgehead atoms. The number of aromatic nitrogens is 1. The number of ether oxygens (including phenoxy) is 2. The molecule has 1 N–H and O–H groups in total. The van der Waals surface area contributed by atoms with Crippen molar-refractivity contribution >= 4 is 6.03 Å². The van der Waals surface area contributed by atoms with E-state index < -0.39 is 0 Å². The van der Waals surface area contributed by atoms with Gasteiger partial charge in [-0.05, 0) is 31.0 Å². The Balaban J connectivity index is 1.58. The summed E-state index contributed by atoms with van der Waals surface area (Å²) in [5.41, 5.74) is 1.89. The maximum atomic E-state index is 12.4. The van der Waals surface area contributed by atoms with Gasteiger partial charge in [-0.25, -0.2) is 4.79 Å². The second kappa shape index (κ2) is 8.12. The van der Waals surface area contributed by atoms with Crippen molar-refractivity contribution in [3.8, 4) is 11.5 Å². The summed E-state index contributed by atoms with van der Waals surface area (Å²) in [6.45, 7) is 5.47. The number of fused-ring (bicyclic) bond motifs is 1. The molecule has 7 nitrogen and oxygen atoms in total. The van der Waals surface area contributed by atoms with Crippen molar-refractivity contribution in [2.24, 2.45) is 0 Å². The Morgan fingerprint density at radius 3 is 2.81 bits per heavy atom. The number of carbonyl (C=O) groups is 1. The SMILES string of the molecule is CCCc1cc(CNC(=O)N(C)C(C)c2ccc3c(c2)OCCO3)on1. The maximum Gasteiger partial charge on any atom is 0.318 e. The first-order chi connectivity index (χ1) is 12.6. The van der Waals surface area contributed by atoms with E-state index in [9.17, 15) is 4.79 Å². The molecule has 0 radical (unpaired) electrons. The molecule has 0 saturated heterocycles. The summed E-state index contributed by atoms with van der Waals surface area (Å²) in [5.74, 6) is 2.12. The smallest absolute Gasteiger partial charge is 0.318 e. The van der Waals surface area contributed by atoms with Gasteiger partial charge in [-0.1, -0.05) is 24.6 Å². The minimum absolute atomic E-state index is 0.115. The molecule has 1 aliphatic heterocycles. The van der Waals surface area contributed by atoms with Crippen molar-refractivity contribution in [1.82, 2.24) is 15.4 Å². The molecule has 1 aliphatic rings. The number of hydrogen-bond donors (Lipinski definition) is 1. The molecule has 2 amide bonds. The third kappa shape index (κ3) is 4.09. The van der Waals surface area contributed by atoms with Crippen LogP contribution in [0.3, 0.4) is 0 Å². The number of aryl methyl sites for hydroxylation is 1. The molecule has 0 saturated carbocycles. The van der Waals surface area contributed by atoms with Crippen molar-refractivity contribution in [2.45, 2.75) is 39.3 Å². The van der Waals surface area contributed by atoms with Crippen LogP contribution in [0.1, 0.15) is 43.3 Å². The van der Waals surface area contributed by atoms with Gasteiger partial charge in [0.05, 0.1) is 18.3 Å². The topological polar surface area (TPSA) is 76.8 Å². The van der Waals surface area contributed by atoms with E-state index in [0.29, 0.717) is 25.5 Å². The fourth-order valence-corrected chi connectivity index (χ4v) is 2.82. The third-order valence-corrected chi connectivity index (χ3v) is 4.48. The number of hydrogen-bond acceptors (Lipinski definition) is 5. The highest BCUT2D eigenvalue weighted by Crippen LogP contribution is 2.33. The van der Waals surface area contributed by atoms with E-state index in [1.807, 2.05) is 31.2 Å². The Labute approximate surface area is 153 Å². The van der Waals surface area contributed by atoms with E-state index in [1.165, 1.54) is 0 Å². The molecule has 2 heterocycles. The minimum Gasteiger partial charge on any atom is -0.486 e. The molecule has 3 rings (SSSR count). The Hall–Kier alpha value is -2.70. The number of nitrogens with zero attached hydrogens (tertiary/aromatic N) is 2. The summed E-state index contributed by atoms with van der Waals surface area (Å²) in [7, 11) is 1.76. The van der Waals surface area contributed by atoms with E-state index in [4.69, 9.17) is 14.0 Å². The van der Waals surface area contributed by atoms with Crippen molar-refractivity contribution in [2.75, 3.05) is 20.3 Å². The Morgan fingerprint density at radius 1 is 1.27 bits per heavy atom. The van der Waals surface area contributed by atoms with Crippen LogP contribution < -0.4 is 14.8 Å². The fourth-order valence-electron chi connectivity index (χ4n) is 2.82. The normalized spacial score (nSPS) is 14.0. The molecule has 0 spiro atoms. The average Bonchev–Trinajstić information content (AvgIpc) is 3.12. The first-order valence-electron chi connectivity index (χ1n) is 8.93. The van der Waals surface area contributed by atoms with Crippen molar-refractivity contribution in [3.63, 3.8) is 0 Å². The molecular weight excluding hydrogens is 334 g/mol. The molecule has 140 valence electrons. The van der Waals surface area contributed by atoms with Crippen molar-refractivity contribution in [3.05, 3.63) is 41.3 Å².